The summed E-state index contributed by atoms with van der Waals surface area (Å²) in [6, 6.07) is 6.44. The monoisotopic (exact) mass is 611 g/mol. The minimum absolute atomic E-state index is 0.0689. The van der Waals surface area contributed by atoms with Gasteiger partial charge in [-0.05, 0) is 24.3 Å². The van der Waals surface area contributed by atoms with E-state index in [-0.39, 0.29) is 48.3 Å². The maximum Gasteiger partial charge on any atom is 0.471 e. The molecule has 3 aromatic rings. The molecule has 1 saturated heterocycles. The summed E-state index contributed by atoms with van der Waals surface area (Å²) in [6.07, 6.45) is -8.77. The van der Waals surface area contributed by atoms with E-state index in [1.165, 1.54) is 12.1 Å². The number of alkyl halides is 6. The number of halogens is 7. The lowest BCUT2D eigenvalue weighted by atomic mass is 10.1. The quantitative estimate of drug-likeness (QED) is 0.316. The summed E-state index contributed by atoms with van der Waals surface area (Å²) >= 11 is 3.23. The molecule has 15 heteroatoms. The molecule has 7 nitrogen and oxygen atoms in total. The van der Waals surface area contributed by atoms with Gasteiger partial charge < -0.3 is 9.80 Å². The minimum Gasteiger partial charge on any atom is -0.367 e. The average Bonchev–Trinajstić information content (AvgIpc) is 3.21. The van der Waals surface area contributed by atoms with Crippen molar-refractivity contribution in [3.8, 4) is 0 Å². The number of amides is 1. The second-order valence-corrected chi connectivity index (χ2v) is 10.8. The maximum absolute atomic E-state index is 13.6. The van der Waals surface area contributed by atoms with Gasteiger partial charge in [-0.1, -0.05) is 28.1 Å². The maximum atomic E-state index is 13.6. The second-order valence-electron chi connectivity index (χ2n) is 8.09. The molecule has 0 aliphatic carbocycles. The van der Waals surface area contributed by atoms with E-state index in [9.17, 15) is 44.3 Å². The number of nitrogens with zero attached hydrogens (tertiary/aromatic N) is 3. The van der Waals surface area contributed by atoms with Crippen LogP contribution < -0.4 is 4.90 Å². The number of fused-ring (bicyclic) bond motifs is 1. The molecule has 0 radical (unpaired) electrons. The highest BCUT2D eigenvalue weighted by atomic mass is 79.9. The highest BCUT2D eigenvalue weighted by Crippen LogP contribution is 2.39. The van der Waals surface area contributed by atoms with Gasteiger partial charge in [0.25, 0.3) is 10.0 Å². The van der Waals surface area contributed by atoms with Crippen molar-refractivity contribution in [1.82, 2.24) is 8.87 Å². The summed E-state index contributed by atoms with van der Waals surface area (Å²) in [6.45, 7) is -0.720. The van der Waals surface area contributed by atoms with Crippen LogP contribution in [0, 0.1) is 0 Å². The van der Waals surface area contributed by atoms with Crippen LogP contribution in [0.15, 0.2) is 52.0 Å². The van der Waals surface area contributed by atoms with Gasteiger partial charge in [0.15, 0.2) is 6.29 Å². The zero-order valence-corrected chi connectivity index (χ0v) is 20.9. The van der Waals surface area contributed by atoms with Gasteiger partial charge in [-0.15, -0.1) is 0 Å². The molecule has 0 spiro atoms. The Hall–Kier alpha value is -3.07. The minimum atomic E-state index is -5.03. The number of hydrogen-bond donors (Lipinski definition) is 0. The van der Waals surface area contributed by atoms with Gasteiger partial charge in [-0.3, -0.25) is 9.59 Å². The number of hydrogen-bond acceptors (Lipinski definition) is 5. The van der Waals surface area contributed by atoms with E-state index >= 15 is 0 Å². The lowest BCUT2D eigenvalue weighted by molar-refractivity contribution is -0.185. The molecule has 2 heterocycles. The summed E-state index contributed by atoms with van der Waals surface area (Å²) in [4.78, 5) is 24.6. The van der Waals surface area contributed by atoms with Gasteiger partial charge in [0.1, 0.15) is 4.90 Å². The number of aromatic nitrogens is 1. The SMILES string of the molecule is O=Cc1cn(S(=O)(=O)c2ccccc2C(F)(F)F)c2cc(Br)cc(N3CCN(C(=O)C(F)(F)F)CC3)c12. The number of rotatable bonds is 4. The predicted molar refractivity (Wildman–Crippen MR) is 124 cm³/mol. The van der Waals surface area contributed by atoms with Crippen LogP contribution >= 0.6 is 15.9 Å². The Bertz CT molecular complexity index is 1490. The molecule has 0 bridgehead atoms. The number of carbonyl (C=O) groups excluding carboxylic acids is 2. The average molecular weight is 612 g/mol. The second kappa shape index (κ2) is 9.35. The highest BCUT2D eigenvalue weighted by Gasteiger charge is 2.43. The number of anilines is 1. The topological polar surface area (TPSA) is 79.7 Å². The molecular weight excluding hydrogens is 596 g/mol. The van der Waals surface area contributed by atoms with Crippen LogP contribution in [0.2, 0.25) is 0 Å². The van der Waals surface area contributed by atoms with Crippen LogP contribution in [-0.2, 0) is 21.0 Å². The van der Waals surface area contributed by atoms with Crippen molar-refractivity contribution in [2.75, 3.05) is 31.1 Å². The van der Waals surface area contributed by atoms with Crippen molar-refractivity contribution >= 4 is 54.7 Å². The number of carbonyl (C=O) groups is 2. The molecule has 4 rings (SSSR count). The van der Waals surface area contributed by atoms with Gasteiger partial charge >= 0.3 is 18.3 Å². The van der Waals surface area contributed by atoms with E-state index in [0.717, 1.165) is 24.4 Å². The highest BCUT2D eigenvalue weighted by molar-refractivity contribution is 9.10. The molecule has 37 heavy (non-hydrogen) atoms. The molecular formula is C22H16BrF6N3O4S. The molecule has 198 valence electrons. The van der Waals surface area contributed by atoms with Gasteiger partial charge in [-0.25, -0.2) is 12.4 Å². The molecule has 2 aromatic carbocycles. The Kier molecular flexibility index (Phi) is 6.82. The molecule has 0 atom stereocenters. The van der Waals surface area contributed by atoms with Crippen molar-refractivity contribution in [1.29, 1.82) is 0 Å². The fraction of sp³-hybridized carbons (Fsp3) is 0.273. The van der Waals surface area contributed by atoms with Crippen molar-refractivity contribution < 1.29 is 44.3 Å². The van der Waals surface area contributed by atoms with Crippen molar-refractivity contribution in [3.63, 3.8) is 0 Å². The van der Waals surface area contributed by atoms with Gasteiger partial charge in [0.2, 0.25) is 0 Å². The van der Waals surface area contributed by atoms with Crippen LogP contribution in [0.4, 0.5) is 32.0 Å². The van der Waals surface area contributed by atoms with E-state index in [1.807, 2.05) is 0 Å². The first kappa shape index (κ1) is 27.0. The largest absolute Gasteiger partial charge is 0.471 e. The third kappa shape index (κ3) is 4.93. The number of piperazine rings is 1. The molecule has 0 unspecified atom stereocenters. The van der Waals surface area contributed by atoms with Crippen LogP contribution in [0.5, 0.6) is 0 Å². The number of benzene rings is 2. The zero-order valence-electron chi connectivity index (χ0n) is 18.5. The molecule has 0 saturated carbocycles. The Morgan fingerprint density at radius 2 is 1.59 bits per heavy atom. The molecule has 1 aliphatic heterocycles. The van der Waals surface area contributed by atoms with Crippen molar-refractivity contribution in [2.24, 2.45) is 0 Å². The third-order valence-corrected chi connectivity index (χ3v) is 8.04. The fourth-order valence-electron chi connectivity index (χ4n) is 4.21. The number of aldehydes is 1. The third-order valence-electron chi connectivity index (χ3n) is 5.85. The summed E-state index contributed by atoms with van der Waals surface area (Å²) in [7, 11) is -4.85. The Balaban J connectivity index is 1.83. The van der Waals surface area contributed by atoms with Crippen molar-refractivity contribution in [3.05, 3.63) is 58.2 Å². The summed E-state index contributed by atoms with van der Waals surface area (Å²) in [5, 5.41) is 0.0851. The van der Waals surface area contributed by atoms with Crippen LogP contribution in [0.3, 0.4) is 0 Å². The lowest BCUT2D eigenvalue weighted by Gasteiger charge is -2.36. The molecule has 1 amide bonds. The lowest BCUT2D eigenvalue weighted by Crippen LogP contribution is -2.52. The first-order chi connectivity index (χ1) is 17.2. The fourth-order valence-corrected chi connectivity index (χ4v) is 6.22. The van der Waals surface area contributed by atoms with Gasteiger partial charge in [0.05, 0.1) is 11.1 Å². The predicted octanol–water partition coefficient (Wildman–Crippen LogP) is 4.68. The van der Waals surface area contributed by atoms with E-state index in [4.69, 9.17) is 0 Å². The Labute approximate surface area is 214 Å². The van der Waals surface area contributed by atoms with Gasteiger partial charge in [-0.2, -0.15) is 26.3 Å². The first-order valence-corrected chi connectivity index (χ1v) is 12.7. The van der Waals surface area contributed by atoms with Crippen LogP contribution in [-0.4, -0.2) is 61.8 Å². The Morgan fingerprint density at radius 1 is 0.973 bits per heavy atom. The van der Waals surface area contributed by atoms with Crippen LogP contribution in [0.1, 0.15) is 15.9 Å². The summed E-state index contributed by atoms with van der Waals surface area (Å²) in [5.74, 6) is -1.99. The molecule has 1 fully saturated rings. The first-order valence-electron chi connectivity index (χ1n) is 10.5. The van der Waals surface area contributed by atoms with E-state index in [1.54, 1.807) is 4.90 Å². The zero-order chi connectivity index (χ0) is 27.3. The standard InChI is InChI=1S/C22H16BrF6N3O4S/c23-14-9-16(30-5-7-31(8-6-30)20(34)22(27,28)29)19-13(12-33)11-32(17(19)10-14)37(35,36)18-4-2-1-3-15(18)21(24,25)26/h1-4,9-12H,5-8H2. The van der Waals surface area contributed by atoms with Crippen molar-refractivity contribution in [2.45, 2.75) is 17.2 Å². The normalized spacial score (nSPS) is 15.3. The smallest absolute Gasteiger partial charge is 0.367 e. The molecule has 0 N–H and O–H groups in total. The molecule has 1 aromatic heterocycles. The molecule has 1 aliphatic rings. The van der Waals surface area contributed by atoms with Crippen LogP contribution in [0.25, 0.3) is 10.9 Å². The van der Waals surface area contributed by atoms with E-state index in [2.05, 4.69) is 15.9 Å². The summed E-state index contributed by atoms with van der Waals surface area (Å²) < 4.78 is 107. The van der Waals surface area contributed by atoms with Gasteiger partial charge in [0, 0.05) is 53.5 Å². The van der Waals surface area contributed by atoms with E-state index < -0.39 is 38.7 Å². The summed E-state index contributed by atoms with van der Waals surface area (Å²) in [5.41, 5.74) is -1.38. The Morgan fingerprint density at radius 3 is 2.16 bits per heavy atom. The van der Waals surface area contributed by atoms with E-state index in [0.29, 0.717) is 25.7 Å².